The van der Waals surface area contributed by atoms with Crippen molar-refractivity contribution in [1.82, 2.24) is 0 Å². The van der Waals surface area contributed by atoms with Crippen molar-refractivity contribution in [3.05, 3.63) is 50.6 Å². The van der Waals surface area contributed by atoms with E-state index in [1.807, 2.05) is 35.7 Å². The quantitative estimate of drug-likeness (QED) is 0.935. The number of halogens is 1. The molecular formula is C12H11BrO2S. The topological polar surface area (TPSA) is 29.5 Å². The molecule has 0 unspecified atom stereocenters. The lowest BCUT2D eigenvalue weighted by Gasteiger charge is -2.07. The zero-order valence-corrected chi connectivity index (χ0v) is 10.9. The van der Waals surface area contributed by atoms with Crippen molar-refractivity contribution in [3.63, 3.8) is 0 Å². The van der Waals surface area contributed by atoms with Crippen molar-refractivity contribution in [2.45, 2.75) is 13.2 Å². The highest BCUT2D eigenvalue weighted by atomic mass is 79.9. The predicted octanol–water partition coefficient (Wildman–Crippen LogP) is 3.58. The second-order valence-corrected chi connectivity index (χ2v) is 5.17. The van der Waals surface area contributed by atoms with Crippen molar-refractivity contribution in [3.8, 4) is 5.75 Å². The fourth-order valence-corrected chi connectivity index (χ4v) is 2.30. The minimum absolute atomic E-state index is 0.0107. The lowest BCUT2D eigenvalue weighted by atomic mass is 10.2. The predicted molar refractivity (Wildman–Crippen MR) is 68.7 cm³/mol. The maximum absolute atomic E-state index is 9.11. The Labute approximate surface area is 107 Å². The van der Waals surface area contributed by atoms with Crippen LogP contribution in [0.2, 0.25) is 0 Å². The summed E-state index contributed by atoms with van der Waals surface area (Å²) in [6, 6.07) is 9.66. The number of rotatable bonds is 4. The van der Waals surface area contributed by atoms with Crippen LogP contribution >= 0.6 is 27.3 Å². The third-order valence-electron chi connectivity index (χ3n) is 2.15. The van der Waals surface area contributed by atoms with Gasteiger partial charge in [0.15, 0.2) is 0 Å². The Morgan fingerprint density at radius 3 is 2.88 bits per heavy atom. The number of aliphatic hydroxyl groups is 1. The third kappa shape index (κ3) is 2.84. The van der Waals surface area contributed by atoms with E-state index in [2.05, 4.69) is 15.9 Å². The Balaban J connectivity index is 2.04. The van der Waals surface area contributed by atoms with Crippen LogP contribution < -0.4 is 4.74 Å². The molecule has 0 fully saturated rings. The molecule has 0 saturated carbocycles. The lowest BCUT2D eigenvalue weighted by molar-refractivity contribution is 0.277. The van der Waals surface area contributed by atoms with E-state index in [0.717, 1.165) is 15.8 Å². The van der Waals surface area contributed by atoms with E-state index in [1.54, 1.807) is 11.3 Å². The van der Waals surface area contributed by atoms with Gasteiger partial charge in [-0.25, -0.2) is 0 Å². The summed E-state index contributed by atoms with van der Waals surface area (Å²) in [5, 5.41) is 11.1. The van der Waals surface area contributed by atoms with Gasteiger partial charge in [0.05, 0.1) is 6.61 Å². The molecule has 0 aliphatic heterocycles. The first-order valence-corrected chi connectivity index (χ1v) is 6.51. The fourth-order valence-electron chi connectivity index (χ4n) is 1.31. The molecule has 84 valence electrons. The summed E-state index contributed by atoms with van der Waals surface area (Å²) in [5.74, 6) is 0.778. The number of thiophene rings is 1. The fraction of sp³-hybridized carbons (Fsp3) is 0.167. The molecule has 0 bridgehead atoms. The lowest BCUT2D eigenvalue weighted by Crippen LogP contribution is -1.94. The second kappa shape index (κ2) is 5.48. The average Bonchev–Trinajstić information content (AvgIpc) is 2.81. The highest BCUT2D eigenvalue weighted by molar-refractivity contribution is 9.10. The summed E-state index contributed by atoms with van der Waals surface area (Å²) in [6.07, 6.45) is 0. The van der Waals surface area contributed by atoms with Gasteiger partial charge < -0.3 is 9.84 Å². The molecule has 0 spiro atoms. The van der Waals surface area contributed by atoms with Gasteiger partial charge in [-0.3, -0.25) is 0 Å². The van der Waals surface area contributed by atoms with E-state index in [4.69, 9.17) is 9.84 Å². The van der Waals surface area contributed by atoms with Crippen LogP contribution in [0.4, 0.5) is 0 Å². The molecule has 1 N–H and O–H groups in total. The summed E-state index contributed by atoms with van der Waals surface area (Å²) < 4.78 is 6.53. The zero-order valence-electron chi connectivity index (χ0n) is 8.52. The van der Waals surface area contributed by atoms with Crippen molar-refractivity contribution in [2.24, 2.45) is 0 Å². The first kappa shape index (κ1) is 11.6. The van der Waals surface area contributed by atoms with Crippen LogP contribution in [0.3, 0.4) is 0 Å². The SMILES string of the molecule is OCc1cc(OCc2cccs2)ccc1Br. The van der Waals surface area contributed by atoms with Crippen LogP contribution in [0.15, 0.2) is 40.2 Å². The van der Waals surface area contributed by atoms with Gasteiger partial charge in [0.1, 0.15) is 12.4 Å². The summed E-state index contributed by atoms with van der Waals surface area (Å²) in [4.78, 5) is 1.19. The smallest absolute Gasteiger partial charge is 0.122 e. The van der Waals surface area contributed by atoms with E-state index in [-0.39, 0.29) is 6.61 Å². The van der Waals surface area contributed by atoms with Crippen LogP contribution in [0.5, 0.6) is 5.75 Å². The molecule has 1 aromatic heterocycles. The highest BCUT2D eigenvalue weighted by Gasteiger charge is 2.02. The second-order valence-electron chi connectivity index (χ2n) is 3.28. The molecule has 1 aromatic carbocycles. The van der Waals surface area contributed by atoms with Crippen molar-refractivity contribution < 1.29 is 9.84 Å². The number of aliphatic hydroxyl groups excluding tert-OH is 1. The number of ether oxygens (including phenoxy) is 1. The Morgan fingerprint density at radius 2 is 2.19 bits per heavy atom. The Bertz CT molecular complexity index is 454. The maximum atomic E-state index is 9.11. The molecule has 0 aliphatic rings. The van der Waals surface area contributed by atoms with Gasteiger partial charge in [0, 0.05) is 9.35 Å². The van der Waals surface area contributed by atoms with Crippen molar-refractivity contribution in [1.29, 1.82) is 0 Å². The van der Waals surface area contributed by atoms with E-state index in [9.17, 15) is 0 Å². The molecule has 2 aromatic rings. The molecular weight excluding hydrogens is 288 g/mol. The Hall–Kier alpha value is -0.840. The van der Waals surface area contributed by atoms with Crippen LogP contribution in [-0.4, -0.2) is 5.11 Å². The third-order valence-corrected chi connectivity index (χ3v) is 3.77. The van der Waals surface area contributed by atoms with Gasteiger partial charge in [-0.05, 0) is 35.2 Å². The molecule has 0 saturated heterocycles. The molecule has 0 amide bonds. The first-order valence-electron chi connectivity index (χ1n) is 4.84. The molecule has 0 radical (unpaired) electrons. The minimum atomic E-state index is 0.0107. The van der Waals surface area contributed by atoms with Crippen LogP contribution in [0.25, 0.3) is 0 Å². The Morgan fingerprint density at radius 1 is 1.31 bits per heavy atom. The van der Waals surface area contributed by atoms with E-state index in [1.165, 1.54) is 4.88 Å². The van der Waals surface area contributed by atoms with Gasteiger partial charge >= 0.3 is 0 Å². The first-order chi connectivity index (χ1) is 7.79. The van der Waals surface area contributed by atoms with Gasteiger partial charge in [0.2, 0.25) is 0 Å². The Kier molecular flexibility index (Phi) is 3.98. The van der Waals surface area contributed by atoms with Gasteiger partial charge in [-0.1, -0.05) is 22.0 Å². The summed E-state index contributed by atoms with van der Waals surface area (Å²) in [7, 11) is 0. The van der Waals surface area contributed by atoms with Crippen molar-refractivity contribution in [2.75, 3.05) is 0 Å². The van der Waals surface area contributed by atoms with E-state index < -0.39 is 0 Å². The molecule has 0 atom stereocenters. The molecule has 16 heavy (non-hydrogen) atoms. The average molecular weight is 299 g/mol. The number of hydrogen-bond donors (Lipinski definition) is 1. The minimum Gasteiger partial charge on any atom is -0.488 e. The zero-order chi connectivity index (χ0) is 11.4. The standard InChI is InChI=1S/C12H11BrO2S/c13-12-4-3-10(6-9(12)7-14)15-8-11-2-1-5-16-11/h1-6,14H,7-8H2. The van der Waals surface area contributed by atoms with Crippen LogP contribution in [-0.2, 0) is 13.2 Å². The van der Waals surface area contributed by atoms with Gasteiger partial charge in [-0.15, -0.1) is 11.3 Å². The summed E-state index contributed by atoms with van der Waals surface area (Å²) in [6.45, 7) is 0.584. The summed E-state index contributed by atoms with van der Waals surface area (Å²) >= 11 is 5.04. The van der Waals surface area contributed by atoms with Crippen molar-refractivity contribution >= 4 is 27.3 Å². The van der Waals surface area contributed by atoms with Gasteiger partial charge in [-0.2, -0.15) is 0 Å². The molecule has 1 heterocycles. The summed E-state index contributed by atoms with van der Waals surface area (Å²) in [5.41, 5.74) is 0.837. The number of benzene rings is 1. The molecule has 2 rings (SSSR count). The molecule has 2 nitrogen and oxygen atoms in total. The molecule has 0 aliphatic carbocycles. The number of hydrogen-bond acceptors (Lipinski definition) is 3. The molecule has 4 heteroatoms. The van der Waals surface area contributed by atoms with E-state index in [0.29, 0.717) is 6.61 Å². The highest BCUT2D eigenvalue weighted by Crippen LogP contribution is 2.23. The monoisotopic (exact) mass is 298 g/mol. The largest absolute Gasteiger partial charge is 0.488 e. The van der Waals surface area contributed by atoms with Crippen LogP contribution in [0, 0.1) is 0 Å². The van der Waals surface area contributed by atoms with Gasteiger partial charge in [0.25, 0.3) is 0 Å². The van der Waals surface area contributed by atoms with E-state index >= 15 is 0 Å². The van der Waals surface area contributed by atoms with Crippen LogP contribution in [0.1, 0.15) is 10.4 Å². The maximum Gasteiger partial charge on any atom is 0.122 e. The normalized spacial score (nSPS) is 10.4.